The monoisotopic (exact) mass is 432 g/mol. The van der Waals surface area contributed by atoms with Gasteiger partial charge in [0, 0.05) is 11.6 Å². The number of ether oxygens (including phenoxy) is 1. The summed E-state index contributed by atoms with van der Waals surface area (Å²) in [6.45, 7) is 10.8. The molecule has 0 radical (unpaired) electrons. The van der Waals surface area contributed by atoms with Gasteiger partial charge in [0.25, 0.3) is 0 Å². The maximum atomic E-state index is 5.29. The third kappa shape index (κ3) is 4.11. The van der Waals surface area contributed by atoms with Crippen LogP contribution in [0.15, 0.2) is 22.7 Å². The number of methoxy groups -OCH3 is 1. The number of rotatable bonds is 6. The average Bonchev–Trinajstić information content (AvgIpc) is 2.97. The lowest BCUT2D eigenvalue weighted by atomic mass is 10.0. The molecule has 0 spiro atoms. The van der Waals surface area contributed by atoms with E-state index in [1.807, 2.05) is 26.8 Å². The van der Waals surface area contributed by atoms with Crippen LogP contribution in [0.2, 0.25) is 0 Å². The van der Waals surface area contributed by atoms with Gasteiger partial charge in [0.2, 0.25) is 0 Å². The molecule has 3 rings (SSSR count). The Morgan fingerprint density at radius 2 is 2.00 bits per heavy atom. The number of anilines is 1. The molecule has 2 aromatic heterocycles. The Morgan fingerprint density at radius 1 is 1.26 bits per heavy atom. The lowest BCUT2D eigenvalue weighted by Gasteiger charge is -2.25. The summed E-state index contributed by atoms with van der Waals surface area (Å²) in [7, 11) is 1.68. The van der Waals surface area contributed by atoms with Gasteiger partial charge < -0.3 is 10.1 Å². The van der Waals surface area contributed by atoms with Gasteiger partial charge in [0.05, 0.1) is 17.8 Å². The van der Waals surface area contributed by atoms with Gasteiger partial charge in [0.1, 0.15) is 5.82 Å². The zero-order valence-corrected chi connectivity index (χ0v) is 18.1. The van der Waals surface area contributed by atoms with Crippen molar-refractivity contribution in [2.45, 2.75) is 46.1 Å². The number of nitrogens with zero attached hydrogens (tertiary/aromatic N) is 5. The molecule has 8 heteroatoms. The molecule has 0 atom stereocenters. The number of nitrogens with one attached hydrogen (secondary N) is 1. The fourth-order valence-electron chi connectivity index (χ4n) is 2.94. The number of fused-ring (bicyclic) bond motifs is 1. The number of aromatic nitrogens is 5. The van der Waals surface area contributed by atoms with Crippen LogP contribution >= 0.6 is 15.9 Å². The Morgan fingerprint density at radius 3 is 2.63 bits per heavy atom. The van der Waals surface area contributed by atoms with Gasteiger partial charge in [-0.15, -0.1) is 5.10 Å². The SMILES string of the molecule is COCC(C)(C)Nc1nc(C)nc2c1nnn2-c1ccc(C(C)C)cc1Br. The zero-order chi connectivity index (χ0) is 19.8. The first-order valence-corrected chi connectivity index (χ1v) is 9.68. The first kappa shape index (κ1) is 19.7. The summed E-state index contributed by atoms with van der Waals surface area (Å²) >= 11 is 3.66. The Hall–Kier alpha value is -2.06. The van der Waals surface area contributed by atoms with Gasteiger partial charge in [-0.05, 0) is 60.3 Å². The minimum Gasteiger partial charge on any atom is -0.382 e. The van der Waals surface area contributed by atoms with E-state index in [9.17, 15) is 0 Å². The second-order valence-corrected chi connectivity index (χ2v) is 8.45. The maximum absolute atomic E-state index is 5.29. The summed E-state index contributed by atoms with van der Waals surface area (Å²) in [6, 6.07) is 6.25. The summed E-state index contributed by atoms with van der Waals surface area (Å²) in [5.41, 5.74) is 3.14. The standard InChI is InChI=1S/C19H25BrN6O/c1-11(2)13-7-8-15(14(20)9-13)26-18-16(24-25-26)17(21-12(3)22-18)23-19(4,5)10-27-6/h7-9,11H,10H2,1-6H3,(H,21,22,23). The van der Waals surface area contributed by atoms with E-state index < -0.39 is 0 Å². The Balaban J connectivity index is 2.10. The van der Waals surface area contributed by atoms with Gasteiger partial charge in [-0.2, -0.15) is 4.68 Å². The molecule has 0 bridgehead atoms. The molecule has 1 aromatic carbocycles. The van der Waals surface area contributed by atoms with Crippen LogP contribution < -0.4 is 5.32 Å². The van der Waals surface area contributed by atoms with E-state index in [1.165, 1.54) is 5.56 Å². The van der Waals surface area contributed by atoms with Crippen LogP contribution in [0.4, 0.5) is 5.82 Å². The third-order valence-corrected chi connectivity index (χ3v) is 4.88. The van der Waals surface area contributed by atoms with Gasteiger partial charge in [-0.25, -0.2) is 9.97 Å². The summed E-state index contributed by atoms with van der Waals surface area (Å²) in [5.74, 6) is 1.75. The minimum absolute atomic E-state index is 0.300. The van der Waals surface area contributed by atoms with Crippen molar-refractivity contribution in [3.05, 3.63) is 34.1 Å². The topological polar surface area (TPSA) is 77.8 Å². The van der Waals surface area contributed by atoms with Crippen molar-refractivity contribution in [1.82, 2.24) is 25.0 Å². The number of hydrogen-bond donors (Lipinski definition) is 1. The Labute approximate surface area is 167 Å². The molecule has 144 valence electrons. The first-order chi connectivity index (χ1) is 12.7. The molecule has 0 aliphatic heterocycles. The van der Waals surface area contributed by atoms with Crippen molar-refractivity contribution < 1.29 is 4.74 Å². The molecule has 0 aliphatic carbocycles. The van der Waals surface area contributed by atoms with E-state index in [0.717, 1.165) is 10.2 Å². The predicted molar refractivity (Wildman–Crippen MR) is 111 cm³/mol. The Bertz CT molecular complexity index is 966. The summed E-state index contributed by atoms with van der Waals surface area (Å²) in [6.07, 6.45) is 0. The molecule has 7 nitrogen and oxygen atoms in total. The lowest BCUT2D eigenvalue weighted by molar-refractivity contribution is 0.158. The molecule has 27 heavy (non-hydrogen) atoms. The molecular weight excluding hydrogens is 408 g/mol. The quantitative estimate of drug-likeness (QED) is 0.627. The van der Waals surface area contributed by atoms with Crippen molar-refractivity contribution in [3.63, 3.8) is 0 Å². The predicted octanol–water partition coefficient (Wildman–Crippen LogP) is 4.24. The number of halogens is 1. The molecule has 1 N–H and O–H groups in total. The van der Waals surface area contributed by atoms with Crippen LogP contribution in [0.5, 0.6) is 0 Å². The maximum Gasteiger partial charge on any atom is 0.189 e. The van der Waals surface area contributed by atoms with Crippen LogP contribution in [0.25, 0.3) is 16.9 Å². The molecule has 0 amide bonds. The normalized spacial score (nSPS) is 12.1. The number of hydrogen-bond acceptors (Lipinski definition) is 6. The van der Waals surface area contributed by atoms with Crippen LogP contribution in [0.1, 0.15) is 45.0 Å². The third-order valence-electron chi connectivity index (χ3n) is 4.24. The van der Waals surface area contributed by atoms with Gasteiger partial charge in [0.15, 0.2) is 17.0 Å². The van der Waals surface area contributed by atoms with Crippen LogP contribution in [0, 0.1) is 6.92 Å². The van der Waals surface area contributed by atoms with E-state index in [1.54, 1.807) is 11.8 Å². The zero-order valence-electron chi connectivity index (χ0n) is 16.5. The highest BCUT2D eigenvalue weighted by Gasteiger charge is 2.22. The summed E-state index contributed by atoms with van der Waals surface area (Å²) < 4.78 is 7.98. The van der Waals surface area contributed by atoms with Gasteiger partial charge in [-0.3, -0.25) is 0 Å². The molecule has 0 fully saturated rings. The molecular formula is C19H25BrN6O. The molecule has 2 heterocycles. The fourth-order valence-corrected chi connectivity index (χ4v) is 3.51. The van der Waals surface area contributed by atoms with Crippen molar-refractivity contribution in [1.29, 1.82) is 0 Å². The largest absolute Gasteiger partial charge is 0.382 e. The first-order valence-electron chi connectivity index (χ1n) is 8.89. The molecule has 0 saturated heterocycles. The molecule has 0 unspecified atom stereocenters. The van der Waals surface area contributed by atoms with Crippen LogP contribution in [-0.4, -0.2) is 44.2 Å². The molecule has 0 aliphatic rings. The fraction of sp³-hybridized carbons (Fsp3) is 0.474. The van der Waals surface area contributed by atoms with Crippen molar-refractivity contribution in [3.8, 4) is 5.69 Å². The van der Waals surface area contributed by atoms with Gasteiger partial charge in [-0.1, -0.05) is 25.1 Å². The summed E-state index contributed by atoms with van der Waals surface area (Å²) in [5, 5.41) is 12.1. The number of aryl methyl sites for hydroxylation is 1. The summed E-state index contributed by atoms with van der Waals surface area (Å²) in [4.78, 5) is 9.11. The number of benzene rings is 1. The van der Waals surface area contributed by atoms with E-state index in [0.29, 0.717) is 35.3 Å². The van der Waals surface area contributed by atoms with Crippen LogP contribution in [-0.2, 0) is 4.74 Å². The highest BCUT2D eigenvalue weighted by molar-refractivity contribution is 9.10. The minimum atomic E-state index is -0.300. The second-order valence-electron chi connectivity index (χ2n) is 7.60. The van der Waals surface area contributed by atoms with E-state index in [4.69, 9.17) is 4.74 Å². The van der Waals surface area contributed by atoms with Crippen molar-refractivity contribution in [2.24, 2.45) is 0 Å². The van der Waals surface area contributed by atoms with E-state index >= 15 is 0 Å². The second kappa shape index (κ2) is 7.52. The van der Waals surface area contributed by atoms with Gasteiger partial charge >= 0.3 is 0 Å². The van der Waals surface area contributed by atoms with E-state index in [2.05, 4.69) is 67.5 Å². The Kier molecular flexibility index (Phi) is 5.48. The molecule has 3 aromatic rings. The highest BCUT2D eigenvalue weighted by Crippen LogP contribution is 2.29. The van der Waals surface area contributed by atoms with Crippen molar-refractivity contribution >= 4 is 32.9 Å². The smallest absolute Gasteiger partial charge is 0.189 e. The van der Waals surface area contributed by atoms with Crippen LogP contribution in [0.3, 0.4) is 0 Å². The molecule has 0 saturated carbocycles. The lowest BCUT2D eigenvalue weighted by Crippen LogP contribution is -2.36. The van der Waals surface area contributed by atoms with E-state index in [-0.39, 0.29) is 5.54 Å². The highest BCUT2D eigenvalue weighted by atomic mass is 79.9. The van der Waals surface area contributed by atoms with Crippen molar-refractivity contribution in [2.75, 3.05) is 19.0 Å². The average molecular weight is 433 g/mol.